The number of nitrogens with zero attached hydrogens (tertiary/aromatic N) is 1. The lowest BCUT2D eigenvalue weighted by Crippen LogP contribution is -2.57. The Bertz CT molecular complexity index is 1110. The number of rotatable bonds is 2. The molecule has 6 aliphatic rings. The lowest BCUT2D eigenvalue weighted by Gasteiger charge is -2.56. The van der Waals surface area contributed by atoms with Crippen LogP contribution >= 0.6 is 0 Å². The van der Waals surface area contributed by atoms with Crippen molar-refractivity contribution in [2.24, 2.45) is 40.9 Å². The third-order valence-corrected chi connectivity index (χ3v) is 14.5. The molecule has 5 fully saturated rings. The van der Waals surface area contributed by atoms with Crippen LogP contribution in [0.4, 0.5) is 0 Å². The molecule has 2 heterocycles. The number of piperidine rings is 1. The van der Waals surface area contributed by atoms with Gasteiger partial charge in [0.25, 0.3) is 0 Å². The molecule has 5 nitrogen and oxygen atoms in total. The van der Waals surface area contributed by atoms with Crippen molar-refractivity contribution in [3.8, 4) is 0 Å². The number of ether oxygens (including phenoxy) is 1. The number of fused-ring (bicyclic) bond motifs is 6. The predicted molar refractivity (Wildman–Crippen MR) is 159 cm³/mol. The predicted octanol–water partition coefficient (Wildman–Crippen LogP) is 6.54. The number of hydrogen-bond acceptors (Lipinski definition) is 4. The van der Waals surface area contributed by atoms with Gasteiger partial charge in [0.05, 0.1) is 18.0 Å². The number of hydrogen-bond donors (Lipinski definition) is 1. The summed E-state index contributed by atoms with van der Waals surface area (Å²) in [4.78, 5) is 0. The molecule has 11 atom stereocenters. The fourth-order valence-corrected chi connectivity index (χ4v) is 13.1. The zero-order valence-corrected chi connectivity index (χ0v) is 26.9. The molecule has 0 bridgehead atoms. The van der Waals surface area contributed by atoms with Crippen LogP contribution < -0.4 is 5.32 Å². The third kappa shape index (κ3) is 4.61. The second-order valence-corrected chi connectivity index (χ2v) is 18.2. The second-order valence-electron chi connectivity index (χ2n) is 16.3. The first-order chi connectivity index (χ1) is 18.1. The average molecular weight is 561 g/mol. The highest BCUT2D eigenvalue weighted by Crippen LogP contribution is 2.65. The molecule has 0 amide bonds. The molecule has 222 valence electrons. The highest BCUT2D eigenvalue weighted by atomic mass is 32.2. The summed E-state index contributed by atoms with van der Waals surface area (Å²) in [6.07, 6.45) is 13.7. The van der Waals surface area contributed by atoms with Crippen LogP contribution in [0.1, 0.15) is 113 Å². The van der Waals surface area contributed by atoms with Gasteiger partial charge in [0.15, 0.2) is 0 Å². The van der Waals surface area contributed by atoms with Gasteiger partial charge in [-0.25, -0.2) is 8.42 Å². The van der Waals surface area contributed by atoms with E-state index in [2.05, 4.69) is 53.8 Å². The smallest absolute Gasteiger partial charge is 0.211 e. The van der Waals surface area contributed by atoms with E-state index in [0.717, 1.165) is 37.6 Å². The van der Waals surface area contributed by atoms with Crippen molar-refractivity contribution in [1.29, 1.82) is 0 Å². The first-order valence-electron chi connectivity index (χ1n) is 16.2. The van der Waals surface area contributed by atoms with E-state index in [1.54, 1.807) is 11.1 Å². The van der Waals surface area contributed by atoms with E-state index in [4.69, 9.17) is 4.74 Å². The quantitative estimate of drug-likeness (QED) is 0.390. The Kier molecular flexibility index (Phi) is 7.02. The normalized spacial score (nSPS) is 48.5. The van der Waals surface area contributed by atoms with Crippen molar-refractivity contribution in [3.05, 3.63) is 11.1 Å². The fraction of sp³-hybridized carbons (Fsp3) is 0.939. The van der Waals surface area contributed by atoms with Crippen LogP contribution in [-0.4, -0.2) is 54.9 Å². The molecule has 0 aromatic heterocycles. The minimum atomic E-state index is -3.27. The summed E-state index contributed by atoms with van der Waals surface area (Å²) < 4.78 is 35.0. The molecule has 0 unspecified atom stereocenters. The summed E-state index contributed by atoms with van der Waals surface area (Å²) in [5.74, 6) is 4.14. The Morgan fingerprint density at radius 1 is 1.08 bits per heavy atom. The van der Waals surface area contributed by atoms with E-state index in [0.29, 0.717) is 35.8 Å². The van der Waals surface area contributed by atoms with Gasteiger partial charge >= 0.3 is 0 Å². The molecule has 1 spiro atoms. The van der Waals surface area contributed by atoms with Crippen LogP contribution in [0.15, 0.2) is 11.1 Å². The topological polar surface area (TPSA) is 58.6 Å². The monoisotopic (exact) mass is 560 g/mol. The summed E-state index contributed by atoms with van der Waals surface area (Å²) in [5, 5.41) is 3.87. The Hall–Kier alpha value is -0.430. The lowest BCUT2D eigenvalue weighted by atomic mass is 9.51. The van der Waals surface area contributed by atoms with Crippen molar-refractivity contribution in [2.45, 2.75) is 142 Å². The van der Waals surface area contributed by atoms with Crippen molar-refractivity contribution in [1.82, 2.24) is 9.62 Å². The second kappa shape index (κ2) is 9.54. The molecule has 3 saturated carbocycles. The molecule has 0 aromatic rings. The molecule has 4 aliphatic carbocycles. The zero-order chi connectivity index (χ0) is 28.1. The number of sulfonamides is 1. The van der Waals surface area contributed by atoms with E-state index in [1.165, 1.54) is 51.2 Å². The standard InChI is InChI=1S/C33H56N2O3S/c1-20-15-29-30(34-19-20)22(3)33(38-29)14-13-25-26-12-10-23-9-11-24(35(31(4,5)6)39(8,36)37)18-32(23,7)28(26)16-27(25)21(2)17-33/h20,22-26,28-30,34H,9-19H2,1-8H3/t20-,22+,23-,24-,25-,26-,28-,29+,30-,32-,33-/m0/s1. The van der Waals surface area contributed by atoms with Gasteiger partial charge in [0.2, 0.25) is 10.0 Å². The van der Waals surface area contributed by atoms with Crippen LogP contribution in [0.5, 0.6) is 0 Å². The molecule has 6 rings (SSSR count). The minimum absolute atomic E-state index is 0.00302. The van der Waals surface area contributed by atoms with Crippen molar-refractivity contribution < 1.29 is 13.2 Å². The summed E-state index contributed by atoms with van der Waals surface area (Å²) in [7, 11) is -3.27. The Morgan fingerprint density at radius 3 is 2.49 bits per heavy atom. The molecule has 1 N–H and O–H groups in total. The Balaban J connectivity index is 1.27. The van der Waals surface area contributed by atoms with Gasteiger partial charge in [-0.05, 0) is 133 Å². The van der Waals surface area contributed by atoms with Gasteiger partial charge in [0.1, 0.15) is 0 Å². The van der Waals surface area contributed by atoms with Crippen molar-refractivity contribution >= 4 is 10.0 Å². The maximum absolute atomic E-state index is 13.0. The van der Waals surface area contributed by atoms with E-state index >= 15 is 0 Å². The van der Waals surface area contributed by atoms with Crippen LogP contribution in [0, 0.1) is 40.9 Å². The van der Waals surface area contributed by atoms with Gasteiger partial charge in [-0.15, -0.1) is 0 Å². The maximum atomic E-state index is 13.0. The number of nitrogens with one attached hydrogen (secondary N) is 1. The number of allylic oxidation sites excluding steroid dienone is 1. The summed E-state index contributed by atoms with van der Waals surface area (Å²) >= 11 is 0. The highest BCUT2D eigenvalue weighted by Gasteiger charge is 2.60. The molecule has 0 aromatic carbocycles. The van der Waals surface area contributed by atoms with Gasteiger partial charge < -0.3 is 10.1 Å². The van der Waals surface area contributed by atoms with Crippen LogP contribution in [-0.2, 0) is 14.8 Å². The molecular formula is C33H56N2O3S. The molecule has 2 saturated heterocycles. The third-order valence-electron chi connectivity index (χ3n) is 12.9. The summed E-state index contributed by atoms with van der Waals surface area (Å²) in [5.41, 5.74) is 3.25. The Morgan fingerprint density at radius 2 is 1.79 bits per heavy atom. The van der Waals surface area contributed by atoms with Crippen molar-refractivity contribution in [3.63, 3.8) is 0 Å². The maximum Gasteiger partial charge on any atom is 0.211 e. The van der Waals surface area contributed by atoms with E-state index in [9.17, 15) is 8.42 Å². The SMILES string of the molecule is CC1=C2C[C@H]3[C@@H](CC[C@@H]4CC[C@H](N(C(C)(C)C)S(C)(=O)=O)C[C@@]43C)[C@@H]2CC[C@@]2(C1)O[C@@H]1C[C@H](C)CN[C@H]1[C@H]2C. The first kappa shape index (κ1) is 28.7. The summed E-state index contributed by atoms with van der Waals surface area (Å²) in [6, 6.07) is 0.633. The van der Waals surface area contributed by atoms with Crippen molar-refractivity contribution in [2.75, 3.05) is 12.8 Å². The summed E-state index contributed by atoms with van der Waals surface area (Å²) in [6.45, 7) is 17.2. The lowest BCUT2D eigenvalue weighted by molar-refractivity contribution is -0.0767. The van der Waals surface area contributed by atoms with Crippen LogP contribution in [0.25, 0.3) is 0 Å². The van der Waals surface area contributed by atoms with Gasteiger partial charge in [0, 0.05) is 23.5 Å². The van der Waals surface area contributed by atoms with E-state index in [1.807, 2.05) is 4.31 Å². The van der Waals surface area contributed by atoms with Gasteiger partial charge in [-0.1, -0.05) is 31.9 Å². The minimum Gasteiger partial charge on any atom is -0.369 e. The molecule has 2 aliphatic heterocycles. The molecular weight excluding hydrogens is 504 g/mol. The molecule has 6 heteroatoms. The Labute approximate surface area is 239 Å². The van der Waals surface area contributed by atoms with E-state index in [-0.39, 0.29) is 22.6 Å². The van der Waals surface area contributed by atoms with Crippen LogP contribution in [0.3, 0.4) is 0 Å². The van der Waals surface area contributed by atoms with Crippen LogP contribution in [0.2, 0.25) is 0 Å². The first-order valence-corrected chi connectivity index (χ1v) is 18.1. The van der Waals surface area contributed by atoms with Gasteiger partial charge in [-0.2, -0.15) is 4.31 Å². The van der Waals surface area contributed by atoms with Gasteiger partial charge in [-0.3, -0.25) is 0 Å². The average Bonchev–Trinajstić information content (AvgIpc) is 3.27. The van der Waals surface area contributed by atoms with E-state index < -0.39 is 10.0 Å². The highest BCUT2D eigenvalue weighted by molar-refractivity contribution is 7.88. The molecule has 39 heavy (non-hydrogen) atoms. The zero-order valence-electron chi connectivity index (χ0n) is 26.1. The fourth-order valence-electron chi connectivity index (χ4n) is 11.4. The molecule has 0 radical (unpaired) electrons. The largest absolute Gasteiger partial charge is 0.369 e.